The first-order valence-corrected chi connectivity index (χ1v) is 7.18. The number of hydrogen-bond acceptors (Lipinski definition) is 4. The average Bonchev–Trinajstić information content (AvgIpc) is 2.79. The highest BCUT2D eigenvalue weighted by Crippen LogP contribution is 2.25. The molecule has 0 aromatic heterocycles. The van der Waals surface area contributed by atoms with Gasteiger partial charge in [0.05, 0.1) is 12.7 Å². The molecule has 6 heteroatoms. The van der Waals surface area contributed by atoms with E-state index in [-0.39, 0.29) is 12.2 Å². The Bertz CT molecular complexity index is 388. The van der Waals surface area contributed by atoms with E-state index in [2.05, 4.69) is 11.9 Å². The molecule has 0 heterocycles. The summed E-state index contributed by atoms with van der Waals surface area (Å²) in [5.41, 5.74) is -0.598. The summed E-state index contributed by atoms with van der Waals surface area (Å²) in [5, 5.41) is 11.6. The lowest BCUT2D eigenvalue weighted by molar-refractivity contribution is -0.142. The molecule has 0 saturated heterocycles. The van der Waals surface area contributed by atoms with Crippen molar-refractivity contribution in [2.24, 2.45) is 5.41 Å². The Hall–Kier alpha value is -1.56. The number of aliphatic carboxylic acids is 1. The van der Waals surface area contributed by atoms with Crippen molar-refractivity contribution in [2.75, 3.05) is 6.61 Å². The zero-order valence-electron chi connectivity index (χ0n) is 12.9. The number of ether oxygens (including phenoxy) is 2. The molecule has 1 amide bonds. The maximum Gasteiger partial charge on any atom is 0.408 e. The van der Waals surface area contributed by atoms with Crippen molar-refractivity contribution in [2.45, 2.75) is 58.3 Å². The molecule has 1 fully saturated rings. The van der Waals surface area contributed by atoms with E-state index in [4.69, 9.17) is 9.47 Å². The molecule has 0 radical (unpaired) electrons. The second-order valence-electron chi connectivity index (χ2n) is 6.32. The predicted octanol–water partition coefficient (Wildman–Crippen LogP) is 2.34. The third kappa shape index (κ3) is 5.38. The van der Waals surface area contributed by atoms with E-state index in [0.717, 1.165) is 19.3 Å². The molecule has 0 aromatic carbocycles. The molecule has 1 aliphatic carbocycles. The fourth-order valence-electron chi connectivity index (χ4n) is 2.35. The number of hydrogen-bond donors (Lipinski definition) is 2. The number of amides is 1. The number of carboxylic acids is 1. The van der Waals surface area contributed by atoms with Crippen LogP contribution in [0.3, 0.4) is 0 Å². The van der Waals surface area contributed by atoms with Gasteiger partial charge in [-0.3, -0.25) is 0 Å². The Morgan fingerprint density at radius 2 is 2.00 bits per heavy atom. The van der Waals surface area contributed by atoms with Gasteiger partial charge in [0.25, 0.3) is 0 Å². The second-order valence-corrected chi connectivity index (χ2v) is 6.32. The van der Waals surface area contributed by atoms with Gasteiger partial charge in [-0.15, -0.1) is 6.58 Å². The molecule has 0 spiro atoms. The lowest BCUT2D eigenvalue weighted by Crippen LogP contribution is -2.50. The Morgan fingerprint density at radius 3 is 2.52 bits per heavy atom. The van der Waals surface area contributed by atoms with Crippen LogP contribution in [-0.4, -0.2) is 42.0 Å². The molecule has 0 unspecified atom stereocenters. The number of rotatable bonds is 6. The molecule has 0 bridgehead atoms. The van der Waals surface area contributed by atoms with Gasteiger partial charge in [-0.25, -0.2) is 9.59 Å². The van der Waals surface area contributed by atoms with Crippen LogP contribution >= 0.6 is 0 Å². The van der Waals surface area contributed by atoms with Crippen molar-refractivity contribution in [1.29, 1.82) is 0 Å². The van der Waals surface area contributed by atoms with Crippen molar-refractivity contribution >= 4 is 12.1 Å². The summed E-state index contributed by atoms with van der Waals surface area (Å²) in [4.78, 5) is 23.1. The summed E-state index contributed by atoms with van der Waals surface area (Å²) in [6.07, 6.45) is 2.93. The van der Waals surface area contributed by atoms with Crippen LogP contribution in [0.15, 0.2) is 12.7 Å². The largest absolute Gasteiger partial charge is 0.480 e. The van der Waals surface area contributed by atoms with Gasteiger partial charge in [-0.05, 0) is 24.7 Å². The van der Waals surface area contributed by atoms with Crippen LogP contribution in [0.5, 0.6) is 0 Å². The predicted molar refractivity (Wildman–Crippen MR) is 78.1 cm³/mol. The van der Waals surface area contributed by atoms with Gasteiger partial charge in [-0.1, -0.05) is 26.8 Å². The minimum absolute atomic E-state index is 0.147. The topological polar surface area (TPSA) is 84.9 Å². The van der Waals surface area contributed by atoms with Crippen LogP contribution in [0, 0.1) is 5.41 Å². The zero-order valence-corrected chi connectivity index (χ0v) is 12.9. The van der Waals surface area contributed by atoms with Crippen molar-refractivity contribution < 1.29 is 24.2 Å². The zero-order chi connectivity index (χ0) is 16.0. The first kappa shape index (κ1) is 17.5. The number of carbonyl (C=O) groups is 2. The number of alkyl carbamates (subject to hydrolysis) is 1. The van der Waals surface area contributed by atoms with E-state index >= 15 is 0 Å². The van der Waals surface area contributed by atoms with Gasteiger partial charge in [0, 0.05) is 0 Å². The Balaban J connectivity index is 2.55. The molecule has 0 aromatic rings. The fraction of sp³-hybridized carbons (Fsp3) is 0.733. The first-order chi connectivity index (χ1) is 9.75. The van der Waals surface area contributed by atoms with Gasteiger partial charge < -0.3 is 19.9 Å². The summed E-state index contributed by atoms with van der Waals surface area (Å²) in [5.74, 6) is -1.08. The van der Waals surface area contributed by atoms with Crippen LogP contribution in [0.25, 0.3) is 0 Å². The molecule has 21 heavy (non-hydrogen) atoms. The van der Waals surface area contributed by atoms with E-state index in [0.29, 0.717) is 6.61 Å². The van der Waals surface area contributed by atoms with Gasteiger partial charge in [-0.2, -0.15) is 0 Å². The minimum atomic E-state index is -1.08. The summed E-state index contributed by atoms with van der Waals surface area (Å²) >= 11 is 0. The molecular formula is C15H25NO5. The SMILES string of the molecule is C=CCO[C@@H]1CCC[C@H]1OC(=O)N[C@@H](C(=O)O)C(C)(C)C. The van der Waals surface area contributed by atoms with Gasteiger partial charge in [0.15, 0.2) is 0 Å². The molecule has 120 valence electrons. The van der Waals surface area contributed by atoms with Crippen LogP contribution in [0.4, 0.5) is 4.79 Å². The Kier molecular flexibility index (Phi) is 6.20. The van der Waals surface area contributed by atoms with Crippen LogP contribution < -0.4 is 5.32 Å². The monoisotopic (exact) mass is 299 g/mol. The number of carboxylic acid groups (broad SMARTS) is 1. The Morgan fingerprint density at radius 1 is 1.38 bits per heavy atom. The van der Waals surface area contributed by atoms with E-state index in [9.17, 15) is 14.7 Å². The van der Waals surface area contributed by atoms with E-state index in [1.807, 2.05) is 0 Å². The average molecular weight is 299 g/mol. The highest BCUT2D eigenvalue weighted by atomic mass is 16.6. The summed E-state index contributed by atoms with van der Waals surface area (Å²) in [6, 6.07) is -1.00. The van der Waals surface area contributed by atoms with E-state index in [1.54, 1.807) is 26.8 Å². The molecule has 1 saturated carbocycles. The summed E-state index contributed by atoms with van der Waals surface area (Å²) < 4.78 is 10.9. The fourth-order valence-corrected chi connectivity index (χ4v) is 2.35. The maximum atomic E-state index is 11.9. The lowest BCUT2D eigenvalue weighted by atomic mass is 9.87. The van der Waals surface area contributed by atoms with E-state index in [1.165, 1.54) is 0 Å². The highest BCUT2D eigenvalue weighted by molar-refractivity contribution is 5.80. The lowest BCUT2D eigenvalue weighted by Gasteiger charge is -2.28. The van der Waals surface area contributed by atoms with Crippen molar-refractivity contribution in [1.82, 2.24) is 5.32 Å². The van der Waals surface area contributed by atoms with Gasteiger partial charge in [0.1, 0.15) is 12.1 Å². The third-order valence-corrected chi connectivity index (χ3v) is 3.45. The van der Waals surface area contributed by atoms with Gasteiger partial charge in [0.2, 0.25) is 0 Å². The molecular weight excluding hydrogens is 274 g/mol. The van der Waals surface area contributed by atoms with Crippen LogP contribution in [0.1, 0.15) is 40.0 Å². The molecule has 0 aliphatic heterocycles. The van der Waals surface area contributed by atoms with E-state index < -0.39 is 23.5 Å². The maximum absolute atomic E-state index is 11.9. The molecule has 1 rings (SSSR count). The first-order valence-electron chi connectivity index (χ1n) is 7.18. The summed E-state index contributed by atoms with van der Waals surface area (Å²) in [7, 11) is 0. The Labute approximate surface area is 125 Å². The summed E-state index contributed by atoms with van der Waals surface area (Å²) in [6.45, 7) is 9.23. The van der Waals surface area contributed by atoms with Crippen molar-refractivity contribution in [3.8, 4) is 0 Å². The highest BCUT2D eigenvalue weighted by Gasteiger charge is 2.36. The van der Waals surface area contributed by atoms with Crippen molar-refractivity contribution in [3.63, 3.8) is 0 Å². The quantitative estimate of drug-likeness (QED) is 0.735. The number of carbonyl (C=O) groups excluding carboxylic acids is 1. The van der Waals surface area contributed by atoms with Crippen LogP contribution in [-0.2, 0) is 14.3 Å². The van der Waals surface area contributed by atoms with Crippen molar-refractivity contribution in [3.05, 3.63) is 12.7 Å². The smallest absolute Gasteiger partial charge is 0.408 e. The standard InChI is InChI=1S/C15H25NO5/c1-5-9-20-10-7-6-8-11(10)21-14(19)16-12(13(17)18)15(2,3)4/h5,10-12H,1,6-9H2,2-4H3,(H,16,19)(H,17,18)/t10-,11-,12+/m1/s1. The molecule has 3 atom stereocenters. The third-order valence-electron chi connectivity index (χ3n) is 3.45. The van der Waals surface area contributed by atoms with Gasteiger partial charge >= 0.3 is 12.1 Å². The molecule has 1 aliphatic rings. The second kappa shape index (κ2) is 7.45. The normalized spacial score (nSPS) is 23.4. The minimum Gasteiger partial charge on any atom is -0.480 e. The van der Waals surface area contributed by atoms with Crippen LogP contribution in [0.2, 0.25) is 0 Å². The molecule has 2 N–H and O–H groups in total. The number of nitrogens with one attached hydrogen (secondary N) is 1. The molecule has 6 nitrogen and oxygen atoms in total.